The first-order chi connectivity index (χ1) is 11.6. The zero-order valence-corrected chi connectivity index (χ0v) is 18.8. The Bertz CT molecular complexity index is 570. The number of guanidine groups is 1. The van der Waals surface area contributed by atoms with E-state index < -0.39 is 0 Å². The first-order valence-corrected chi connectivity index (χ1v) is 8.99. The Morgan fingerprint density at radius 2 is 2.12 bits per heavy atom. The summed E-state index contributed by atoms with van der Waals surface area (Å²) in [7, 11) is 1.76. The molecule has 0 radical (unpaired) electrons. The molecule has 0 fully saturated rings. The van der Waals surface area contributed by atoms with E-state index in [0.717, 1.165) is 53.7 Å². The smallest absolute Gasteiger partial charge is 0.231 e. The van der Waals surface area contributed by atoms with Gasteiger partial charge in [-0.2, -0.15) is 0 Å². The Balaban J connectivity index is 0.00000312. The highest BCUT2D eigenvalue weighted by atomic mass is 127. The van der Waals surface area contributed by atoms with Gasteiger partial charge in [-0.25, -0.2) is 0 Å². The molecule has 25 heavy (non-hydrogen) atoms. The summed E-state index contributed by atoms with van der Waals surface area (Å²) < 4.78 is 17.3. The van der Waals surface area contributed by atoms with Crippen LogP contribution < -0.4 is 20.1 Å². The minimum absolute atomic E-state index is 0. The number of aliphatic imine (C=N–C) groups is 1. The first-order valence-electron chi connectivity index (χ1n) is 8.20. The third kappa shape index (κ3) is 7.57. The van der Waals surface area contributed by atoms with Gasteiger partial charge in [0.1, 0.15) is 0 Å². The third-order valence-corrected chi connectivity index (χ3v) is 3.97. The lowest BCUT2D eigenvalue weighted by Gasteiger charge is -2.13. The van der Waals surface area contributed by atoms with Crippen LogP contribution in [-0.2, 0) is 11.3 Å². The Hall–Kier alpha value is -0.740. The number of hydrogen-bond acceptors (Lipinski definition) is 4. The lowest BCUT2D eigenvalue weighted by molar-refractivity contribution is 0.108. The van der Waals surface area contributed by atoms with Crippen molar-refractivity contribution >= 4 is 45.9 Å². The van der Waals surface area contributed by atoms with E-state index in [1.54, 1.807) is 7.05 Å². The molecule has 0 amide bonds. The molecule has 1 aliphatic heterocycles. The molecule has 1 aromatic carbocycles. The standard InChI is InChI=1S/C17H26BrN3O3.HI/c1-12(2)10-22-6-4-5-20-17(19-3)21-9-13-7-14(18)16-15(8-13)23-11-24-16;/h7-8,12H,4-6,9-11H2,1-3H3,(H2,19,20,21);1H. The van der Waals surface area contributed by atoms with Crippen molar-refractivity contribution in [2.24, 2.45) is 10.9 Å². The van der Waals surface area contributed by atoms with Crippen LogP contribution in [0, 0.1) is 5.92 Å². The summed E-state index contributed by atoms with van der Waals surface area (Å²) in [5.41, 5.74) is 1.09. The van der Waals surface area contributed by atoms with E-state index in [9.17, 15) is 0 Å². The summed E-state index contributed by atoms with van der Waals surface area (Å²) >= 11 is 3.51. The van der Waals surface area contributed by atoms with Gasteiger partial charge in [-0.05, 0) is 46.0 Å². The molecule has 0 saturated carbocycles. The number of halogens is 2. The van der Waals surface area contributed by atoms with Gasteiger partial charge in [-0.3, -0.25) is 4.99 Å². The van der Waals surface area contributed by atoms with Crippen molar-refractivity contribution in [1.82, 2.24) is 10.6 Å². The number of hydrogen-bond donors (Lipinski definition) is 2. The van der Waals surface area contributed by atoms with E-state index in [1.165, 1.54) is 0 Å². The minimum Gasteiger partial charge on any atom is -0.454 e. The van der Waals surface area contributed by atoms with E-state index >= 15 is 0 Å². The van der Waals surface area contributed by atoms with E-state index in [2.05, 4.69) is 45.4 Å². The molecule has 8 heteroatoms. The quantitative estimate of drug-likeness (QED) is 0.234. The fourth-order valence-corrected chi connectivity index (χ4v) is 2.83. The van der Waals surface area contributed by atoms with Crippen molar-refractivity contribution in [3.8, 4) is 11.5 Å². The molecule has 2 N–H and O–H groups in total. The second-order valence-corrected chi connectivity index (χ2v) is 6.84. The van der Waals surface area contributed by atoms with Crippen LogP contribution in [0.1, 0.15) is 25.8 Å². The van der Waals surface area contributed by atoms with Crippen molar-refractivity contribution in [3.05, 3.63) is 22.2 Å². The Kier molecular flexibility index (Phi) is 10.5. The molecule has 2 rings (SSSR count). The number of benzene rings is 1. The summed E-state index contributed by atoms with van der Waals surface area (Å²) in [5.74, 6) is 2.88. The first kappa shape index (κ1) is 22.3. The summed E-state index contributed by atoms with van der Waals surface area (Å²) in [6.45, 7) is 7.62. The molecule has 0 bridgehead atoms. The van der Waals surface area contributed by atoms with Gasteiger partial charge in [0.05, 0.1) is 4.47 Å². The zero-order valence-electron chi connectivity index (χ0n) is 14.9. The Morgan fingerprint density at radius 3 is 2.84 bits per heavy atom. The third-order valence-electron chi connectivity index (χ3n) is 3.38. The number of rotatable bonds is 8. The average molecular weight is 528 g/mol. The van der Waals surface area contributed by atoms with Crippen molar-refractivity contribution < 1.29 is 14.2 Å². The van der Waals surface area contributed by atoms with Gasteiger partial charge >= 0.3 is 0 Å². The zero-order chi connectivity index (χ0) is 17.4. The van der Waals surface area contributed by atoms with Crippen LogP contribution in [0.4, 0.5) is 0 Å². The average Bonchev–Trinajstić information content (AvgIpc) is 3.02. The summed E-state index contributed by atoms with van der Waals surface area (Å²) in [4.78, 5) is 4.23. The molecule has 0 atom stereocenters. The molecule has 0 saturated heterocycles. The van der Waals surface area contributed by atoms with E-state index in [-0.39, 0.29) is 30.8 Å². The summed E-state index contributed by atoms with van der Waals surface area (Å²) in [5, 5.41) is 6.58. The number of fused-ring (bicyclic) bond motifs is 1. The van der Waals surface area contributed by atoms with Gasteiger partial charge in [-0.1, -0.05) is 13.8 Å². The molecule has 0 spiro atoms. The molecular weight excluding hydrogens is 501 g/mol. The van der Waals surface area contributed by atoms with E-state index in [1.807, 2.05) is 12.1 Å². The van der Waals surface area contributed by atoms with Crippen LogP contribution >= 0.6 is 39.9 Å². The SMILES string of the molecule is CN=C(NCCCOCC(C)C)NCc1cc(Br)c2c(c1)OCO2.I. The van der Waals surface area contributed by atoms with Crippen LogP contribution in [0.3, 0.4) is 0 Å². The number of nitrogens with one attached hydrogen (secondary N) is 2. The van der Waals surface area contributed by atoms with Crippen LogP contribution in [0.15, 0.2) is 21.6 Å². The van der Waals surface area contributed by atoms with Crippen LogP contribution in [0.2, 0.25) is 0 Å². The van der Waals surface area contributed by atoms with E-state index in [4.69, 9.17) is 14.2 Å². The Morgan fingerprint density at radius 1 is 1.32 bits per heavy atom. The van der Waals surface area contributed by atoms with E-state index in [0.29, 0.717) is 12.5 Å². The minimum atomic E-state index is 0. The lowest BCUT2D eigenvalue weighted by atomic mass is 10.2. The second-order valence-electron chi connectivity index (χ2n) is 5.99. The fourth-order valence-electron chi connectivity index (χ4n) is 2.23. The lowest BCUT2D eigenvalue weighted by Crippen LogP contribution is -2.37. The molecule has 6 nitrogen and oxygen atoms in total. The second kappa shape index (κ2) is 11.8. The van der Waals surface area contributed by atoms with Crippen molar-refractivity contribution in [3.63, 3.8) is 0 Å². The summed E-state index contributed by atoms with van der Waals surface area (Å²) in [6, 6.07) is 4.00. The van der Waals surface area contributed by atoms with Gasteiger partial charge in [0.25, 0.3) is 0 Å². The highest BCUT2D eigenvalue weighted by molar-refractivity contribution is 14.0. The molecule has 1 aliphatic rings. The topological polar surface area (TPSA) is 64.1 Å². The maximum absolute atomic E-state index is 5.56. The van der Waals surface area contributed by atoms with Crippen LogP contribution in [0.25, 0.3) is 0 Å². The molecule has 1 heterocycles. The largest absolute Gasteiger partial charge is 0.454 e. The van der Waals surface area contributed by atoms with Crippen LogP contribution in [0.5, 0.6) is 11.5 Å². The van der Waals surface area contributed by atoms with Crippen molar-refractivity contribution in [2.45, 2.75) is 26.8 Å². The van der Waals surface area contributed by atoms with Crippen molar-refractivity contribution in [2.75, 3.05) is 33.6 Å². The van der Waals surface area contributed by atoms with Crippen LogP contribution in [-0.4, -0.2) is 39.6 Å². The molecule has 1 aromatic rings. The monoisotopic (exact) mass is 527 g/mol. The van der Waals surface area contributed by atoms with Gasteiger partial charge in [0, 0.05) is 33.4 Å². The van der Waals surface area contributed by atoms with Gasteiger partial charge < -0.3 is 24.8 Å². The van der Waals surface area contributed by atoms with Gasteiger partial charge in [0.2, 0.25) is 6.79 Å². The van der Waals surface area contributed by atoms with Gasteiger partial charge in [0.15, 0.2) is 17.5 Å². The molecule has 0 aliphatic carbocycles. The molecule has 0 unspecified atom stereocenters. The van der Waals surface area contributed by atoms with Gasteiger partial charge in [-0.15, -0.1) is 24.0 Å². The number of nitrogens with zero attached hydrogens (tertiary/aromatic N) is 1. The predicted octanol–water partition coefficient (Wildman–Crippen LogP) is 3.52. The fraction of sp³-hybridized carbons (Fsp3) is 0.588. The molecule has 142 valence electrons. The summed E-state index contributed by atoms with van der Waals surface area (Å²) in [6.07, 6.45) is 0.947. The normalized spacial score (nSPS) is 12.9. The molecular formula is C17H27BrIN3O3. The number of ether oxygens (including phenoxy) is 3. The molecule has 0 aromatic heterocycles. The van der Waals surface area contributed by atoms with Crippen molar-refractivity contribution in [1.29, 1.82) is 0 Å². The predicted molar refractivity (Wildman–Crippen MR) is 114 cm³/mol. The maximum atomic E-state index is 5.56. The highest BCUT2D eigenvalue weighted by Crippen LogP contribution is 2.39. The maximum Gasteiger partial charge on any atom is 0.231 e. The highest BCUT2D eigenvalue weighted by Gasteiger charge is 2.17. The Labute approximate surface area is 175 Å².